The van der Waals surface area contributed by atoms with E-state index < -0.39 is 10.8 Å². The molecule has 0 radical (unpaired) electrons. The van der Waals surface area contributed by atoms with Crippen molar-refractivity contribution in [1.29, 1.82) is 0 Å². The molecule has 0 aliphatic carbocycles. The van der Waals surface area contributed by atoms with Gasteiger partial charge in [-0.2, -0.15) is 0 Å². The molecule has 4 N–H and O–H groups in total. The Hall–Kier alpha value is -3.42. The third kappa shape index (κ3) is 4.79. The van der Waals surface area contributed by atoms with Crippen molar-refractivity contribution < 1.29 is 14.5 Å². The fraction of sp³-hybridized carbons (Fsp3) is 0.222. The predicted octanol–water partition coefficient (Wildman–Crippen LogP) is 2.70. The molecule has 26 heavy (non-hydrogen) atoms. The molecule has 0 saturated heterocycles. The molecule has 2 amide bonds. The summed E-state index contributed by atoms with van der Waals surface area (Å²) in [5.41, 5.74) is 6.88. The number of amides is 2. The van der Waals surface area contributed by atoms with Crippen molar-refractivity contribution in [3.63, 3.8) is 0 Å². The van der Waals surface area contributed by atoms with Crippen LogP contribution in [0.3, 0.4) is 0 Å². The zero-order chi connectivity index (χ0) is 19.3. The van der Waals surface area contributed by atoms with E-state index in [2.05, 4.69) is 10.6 Å². The molecule has 136 valence electrons. The molecule has 0 heterocycles. The van der Waals surface area contributed by atoms with Gasteiger partial charge >= 0.3 is 0 Å². The van der Waals surface area contributed by atoms with Crippen LogP contribution in [0.4, 0.5) is 17.1 Å². The summed E-state index contributed by atoms with van der Waals surface area (Å²) in [6, 6.07) is 11.0. The summed E-state index contributed by atoms with van der Waals surface area (Å²) in [5.74, 6) is -0.626. The molecular weight excluding hydrogens is 336 g/mol. The third-order valence-electron chi connectivity index (χ3n) is 3.69. The number of nitro benzene ring substituents is 1. The van der Waals surface area contributed by atoms with E-state index in [1.54, 1.807) is 38.1 Å². The van der Waals surface area contributed by atoms with Gasteiger partial charge in [-0.05, 0) is 29.8 Å². The molecule has 8 heteroatoms. The lowest BCUT2D eigenvalue weighted by atomic mass is 10.1. The highest BCUT2D eigenvalue weighted by Crippen LogP contribution is 2.22. The standard InChI is InChI=1S/C18H20N4O4/c1-11(2)17(23)21-14-6-3-12(4-7-14)10-20-18(24)13-5-8-15(19)16(9-13)22(25)26/h3-9,11H,10,19H2,1-2H3,(H,20,24)(H,21,23). The summed E-state index contributed by atoms with van der Waals surface area (Å²) < 4.78 is 0. The lowest BCUT2D eigenvalue weighted by molar-refractivity contribution is -0.383. The molecule has 0 saturated carbocycles. The highest BCUT2D eigenvalue weighted by atomic mass is 16.6. The van der Waals surface area contributed by atoms with Crippen LogP contribution in [0.2, 0.25) is 0 Å². The van der Waals surface area contributed by atoms with Gasteiger partial charge in [-0.1, -0.05) is 26.0 Å². The second-order valence-electron chi connectivity index (χ2n) is 6.05. The summed E-state index contributed by atoms with van der Waals surface area (Å²) in [6.45, 7) is 3.86. The molecule has 0 aliphatic heterocycles. The number of nitro groups is 1. The van der Waals surface area contributed by atoms with E-state index in [9.17, 15) is 19.7 Å². The number of carbonyl (C=O) groups is 2. The Bertz CT molecular complexity index is 832. The number of benzene rings is 2. The van der Waals surface area contributed by atoms with Crippen molar-refractivity contribution in [2.75, 3.05) is 11.1 Å². The summed E-state index contributed by atoms with van der Waals surface area (Å²) in [7, 11) is 0. The molecule has 0 fully saturated rings. The van der Waals surface area contributed by atoms with Crippen molar-refractivity contribution in [3.8, 4) is 0 Å². The zero-order valence-electron chi connectivity index (χ0n) is 14.5. The Labute approximate surface area is 150 Å². The molecule has 8 nitrogen and oxygen atoms in total. The fourth-order valence-electron chi connectivity index (χ4n) is 2.12. The number of nitrogens with zero attached hydrogens (tertiary/aromatic N) is 1. The normalized spacial score (nSPS) is 10.4. The molecule has 2 aromatic rings. The molecule has 0 atom stereocenters. The first-order chi connectivity index (χ1) is 12.3. The van der Waals surface area contributed by atoms with E-state index in [1.807, 2.05) is 0 Å². The molecule has 0 aromatic heterocycles. The van der Waals surface area contributed by atoms with E-state index in [0.29, 0.717) is 5.69 Å². The van der Waals surface area contributed by atoms with E-state index in [1.165, 1.54) is 12.1 Å². The van der Waals surface area contributed by atoms with E-state index in [0.717, 1.165) is 11.6 Å². The molecule has 0 unspecified atom stereocenters. The number of anilines is 2. The Balaban J connectivity index is 1.98. The summed E-state index contributed by atoms with van der Waals surface area (Å²) in [6.07, 6.45) is 0. The summed E-state index contributed by atoms with van der Waals surface area (Å²) in [4.78, 5) is 34.1. The van der Waals surface area contributed by atoms with Crippen LogP contribution in [-0.4, -0.2) is 16.7 Å². The maximum absolute atomic E-state index is 12.2. The average Bonchev–Trinajstić information content (AvgIpc) is 2.60. The van der Waals surface area contributed by atoms with Gasteiger partial charge in [-0.25, -0.2) is 0 Å². The molecular formula is C18H20N4O4. The van der Waals surface area contributed by atoms with Gasteiger partial charge in [0.15, 0.2) is 0 Å². The lowest BCUT2D eigenvalue weighted by Crippen LogP contribution is -2.23. The van der Waals surface area contributed by atoms with Crippen LogP contribution < -0.4 is 16.4 Å². The van der Waals surface area contributed by atoms with Gasteiger partial charge < -0.3 is 16.4 Å². The van der Waals surface area contributed by atoms with Crippen molar-refractivity contribution in [1.82, 2.24) is 5.32 Å². The first kappa shape index (κ1) is 18.9. The Morgan fingerprint density at radius 2 is 1.81 bits per heavy atom. The molecule has 0 aliphatic rings. The van der Waals surface area contributed by atoms with E-state index in [4.69, 9.17) is 5.73 Å². The number of carbonyl (C=O) groups excluding carboxylic acids is 2. The van der Waals surface area contributed by atoms with Crippen LogP contribution >= 0.6 is 0 Å². The number of rotatable bonds is 6. The highest BCUT2D eigenvalue weighted by Gasteiger charge is 2.15. The predicted molar refractivity (Wildman–Crippen MR) is 98.6 cm³/mol. The van der Waals surface area contributed by atoms with Gasteiger partial charge in [0.1, 0.15) is 5.69 Å². The smallest absolute Gasteiger partial charge is 0.292 e. The molecule has 2 rings (SSSR count). The van der Waals surface area contributed by atoms with Crippen molar-refractivity contribution in [2.24, 2.45) is 5.92 Å². The van der Waals surface area contributed by atoms with Gasteiger partial charge in [0.05, 0.1) is 4.92 Å². The number of hydrogen-bond acceptors (Lipinski definition) is 5. The van der Waals surface area contributed by atoms with Crippen LogP contribution in [0.25, 0.3) is 0 Å². The highest BCUT2D eigenvalue weighted by molar-refractivity contribution is 5.95. The van der Waals surface area contributed by atoms with Crippen LogP contribution in [0.1, 0.15) is 29.8 Å². The molecule has 0 bridgehead atoms. The fourth-order valence-corrected chi connectivity index (χ4v) is 2.12. The number of nitrogen functional groups attached to an aromatic ring is 1. The quantitative estimate of drug-likeness (QED) is 0.416. The van der Waals surface area contributed by atoms with Gasteiger partial charge in [0.25, 0.3) is 11.6 Å². The number of hydrogen-bond donors (Lipinski definition) is 3. The Morgan fingerprint density at radius 3 is 2.38 bits per heavy atom. The Morgan fingerprint density at radius 1 is 1.15 bits per heavy atom. The molecule has 0 spiro atoms. The SMILES string of the molecule is CC(C)C(=O)Nc1ccc(CNC(=O)c2ccc(N)c([N+](=O)[O-])c2)cc1. The number of nitrogens with two attached hydrogens (primary N) is 1. The topological polar surface area (TPSA) is 127 Å². The maximum atomic E-state index is 12.2. The zero-order valence-corrected chi connectivity index (χ0v) is 14.5. The summed E-state index contributed by atoms with van der Waals surface area (Å²) >= 11 is 0. The van der Waals surface area contributed by atoms with Gasteiger partial charge in [0.2, 0.25) is 5.91 Å². The van der Waals surface area contributed by atoms with Crippen LogP contribution in [-0.2, 0) is 11.3 Å². The maximum Gasteiger partial charge on any atom is 0.292 e. The second-order valence-corrected chi connectivity index (χ2v) is 6.05. The van der Waals surface area contributed by atoms with Crippen molar-refractivity contribution in [2.45, 2.75) is 20.4 Å². The number of nitrogens with one attached hydrogen (secondary N) is 2. The summed E-state index contributed by atoms with van der Waals surface area (Å²) in [5, 5.41) is 16.4. The monoisotopic (exact) mass is 356 g/mol. The van der Waals surface area contributed by atoms with Crippen LogP contribution in [0.15, 0.2) is 42.5 Å². The third-order valence-corrected chi connectivity index (χ3v) is 3.69. The van der Waals surface area contributed by atoms with Gasteiger partial charge in [-0.15, -0.1) is 0 Å². The Kier molecular flexibility index (Phi) is 5.90. The van der Waals surface area contributed by atoms with Crippen molar-refractivity contribution in [3.05, 3.63) is 63.7 Å². The second kappa shape index (κ2) is 8.11. The van der Waals surface area contributed by atoms with Crippen molar-refractivity contribution >= 4 is 28.9 Å². The first-order valence-corrected chi connectivity index (χ1v) is 8.00. The molecule has 2 aromatic carbocycles. The first-order valence-electron chi connectivity index (χ1n) is 8.00. The van der Waals surface area contributed by atoms with E-state index >= 15 is 0 Å². The minimum atomic E-state index is -0.629. The lowest BCUT2D eigenvalue weighted by Gasteiger charge is -2.09. The minimum Gasteiger partial charge on any atom is -0.393 e. The minimum absolute atomic E-state index is 0.00517. The largest absolute Gasteiger partial charge is 0.393 e. The van der Waals surface area contributed by atoms with Crippen LogP contribution in [0, 0.1) is 16.0 Å². The average molecular weight is 356 g/mol. The van der Waals surface area contributed by atoms with Gasteiger partial charge in [-0.3, -0.25) is 19.7 Å². The van der Waals surface area contributed by atoms with E-state index in [-0.39, 0.29) is 35.3 Å². The van der Waals surface area contributed by atoms with Gasteiger partial charge in [0, 0.05) is 29.8 Å². The van der Waals surface area contributed by atoms with Crippen LogP contribution in [0.5, 0.6) is 0 Å².